The second kappa shape index (κ2) is 8.71. The molecule has 168 valence electrons. The highest BCUT2D eigenvalue weighted by molar-refractivity contribution is 6.00. The van der Waals surface area contributed by atoms with Crippen molar-refractivity contribution in [3.8, 4) is 0 Å². The van der Waals surface area contributed by atoms with E-state index < -0.39 is 6.10 Å². The predicted octanol–water partition coefficient (Wildman–Crippen LogP) is 2.40. The van der Waals surface area contributed by atoms with Crippen molar-refractivity contribution in [1.29, 1.82) is 0 Å². The van der Waals surface area contributed by atoms with Crippen molar-refractivity contribution in [2.75, 3.05) is 24.3 Å². The second-order valence-electron chi connectivity index (χ2n) is 8.22. The number of rotatable bonds is 6. The van der Waals surface area contributed by atoms with Crippen LogP contribution in [0.5, 0.6) is 0 Å². The number of hydrogen-bond donors (Lipinski definition) is 4. The first-order chi connectivity index (χ1) is 15.6. The summed E-state index contributed by atoms with van der Waals surface area (Å²) in [6, 6.07) is 7.38. The van der Waals surface area contributed by atoms with E-state index in [4.69, 9.17) is 9.72 Å². The van der Waals surface area contributed by atoms with Crippen molar-refractivity contribution in [2.24, 2.45) is 0 Å². The van der Waals surface area contributed by atoms with Crippen LogP contribution in [0.1, 0.15) is 54.3 Å². The molecule has 0 bridgehead atoms. The summed E-state index contributed by atoms with van der Waals surface area (Å²) in [6.45, 7) is 0.762. The molecule has 3 atom stereocenters. The Morgan fingerprint density at radius 1 is 1.19 bits per heavy atom. The molecule has 32 heavy (non-hydrogen) atoms. The monoisotopic (exact) mass is 437 g/mol. The van der Waals surface area contributed by atoms with E-state index in [2.05, 4.69) is 26.0 Å². The van der Waals surface area contributed by atoms with Crippen molar-refractivity contribution >= 4 is 29.0 Å². The van der Waals surface area contributed by atoms with Gasteiger partial charge >= 0.3 is 0 Å². The molecule has 10 heteroatoms. The summed E-state index contributed by atoms with van der Waals surface area (Å²) in [5, 5.41) is 23.3. The molecule has 0 unspecified atom stereocenters. The summed E-state index contributed by atoms with van der Waals surface area (Å²) >= 11 is 0. The van der Waals surface area contributed by atoms with E-state index in [1.165, 1.54) is 6.20 Å². The summed E-state index contributed by atoms with van der Waals surface area (Å²) in [5.74, 6) is 1.56. The number of amides is 1. The highest BCUT2D eigenvalue weighted by Crippen LogP contribution is 2.28. The Bertz CT molecular complexity index is 1130. The van der Waals surface area contributed by atoms with E-state index in [-0.39, 0.29) is 18.1 Å². The SMILES string of the molecule is CNc1cc(Nc2cccc([C@@H]3CCCCO3)n2)nc2c(C(=O)N[C@@H]3CC[C@@H]3O)cnn12. The molecular formula is C22H27N7O3. The molecule has 3 aromatic heterocycles. The lowest BCUT2D eigenvalue weighted by Crippen LogP contribution is -2.50. The van der Waals surface area contributed by atoms with Crippen LogP contribution in [0.4, 0.5) is 17.5 Å². The van der Waals surface area contributed by atoms with Gasteiger partial charge in [-0.05, 0) is 44.2 Å². The summed E-state index contributed by atoms with van der Waals surface area (Å²) < 4.78 is 7.44. The number of hydrogen-bond acceptors (Lipinski definition) is 8. The number of aliphatic hydroxyl groups excluding tert-OH is 1. The average molecular weight is 438 g/mol. The normalized spacial score (nSPS) is 22.9. The number of pyridine rings is 1. The van der Waals surface area contributed by atoms with Gasteiger partial charge in [0.2, 0.25) is 0 Å². The van der Waals surface area contributed by atoms with Crippen LogP contribution in [0.25, 0.3) is 5.65 Å². The van der Waals surface area contributed by atoms with E-state index in [9.17, 15) is 9.90 Å². The largest absolute Gasteiger partial charge is 0.391 e. The maximum absolute atomic E-state index is 12.8. The number of carbonyl (C=O) groups is 1. The lowest BCUT2D eigenvalue weighted by Gasteiger charge is -2.32. The highest BCUT2D eigenvalue weighted by Gasteiger charge is 2.31. The van der Waals surface area contributed by atoms with Gasteiger partial charge in [0.25, 0.3) is 5.91 Å². The molecule has 1 saturated heterocycles. The molecule has 0 spiro atoms. The summed E-state index contributed by atoms with van der Waals surface area (Å²) in [4.78, 5) is 22.1. The maximum Gasteiger partial charge on any atom is 0.257 e. The topological polar surface area (TPSA) is 126 Å². The van der Waals surface area contributed by atoms with Crippen LogP contribution in [0.3, 0.4) is 0 Å². The molecule has 0 aromatic carbocycles. The van der Waals surface area contributed by atoms with Crippen LogP contribution in [0.15, 0.2) is 30.5 Å². The molecule has 0 radical (unpaired) electrons. The molecule has 1 saturated carbocycles. The van der Waals surface area contributed by atoms with Gasteiger partial charge < -0.3 is 25.8 Å². The minimum atomic E-state index is -0.495. The molecule has 3 aromatic rings. The lowest BCUT2D eigenvalue weighted by molar-refractivity contribution is 0.0124. The van der Waals surface area contributed by atoms with Crippen LogP contribution >= 0.6 is 0 Å². The van der Waals surface area contributed by atoms with E-state index in [0.717, 1.165) is 38.0 Å². The maximum atomic E-state index is 12.8. The minimum absolute atomic E-state index is 0.0146. The van der Waals surface area contributed by atoms with E-state index in [0.29, 0.717) is 35.1 Å². The standard InChI is InChI=1S/C22H27N7O3/c1-23-20-11-19(27-18-7-4-5-15(25-18)17-6-2-3-10-32-17)28-21-13(12-24-29(20)21)22(31)26-14-8-9-16(14)30/h4-5,7,11-12,14,16-17,23,30H,2-3,6,8-10H2,1H3,(H,26,31)(H,25,27,28)/t14-,16+,17+/m1/s1. The van der Waals surface area contributed by atoms with Gasteiger partial charge in [-0.25, -0.2) is 9.97 Å². The van der Waals surface area contributed by atoms with Gasteiger partial charge in [-0.1, -0.05) is 6.07 Å². The number of aliphatic hydroxyl groups is 1. The Morgan fingerprint density at radius 2 is 2.09 bits per heavy atom. The molecule has 4 N–H and O–H groups in total. The zero-order valence-corrected chi connectivity index (χ0v) is 17.9. The Morgan fingerprint density at radius 3 is 2.81 bits per heavy atom. The Hall–Kier alpha value is -3.24. The zero-order valence-electron chi connectivity index (χ0n) is 17.9. The van der Waals surface area contributed by atoms with E-state index in [1.807, 2.05) is 24.3 Å². The van der Waals surface area contributed by atoms with Gasteiger partial charge in [-0.3, -0.25) is 4.79 Å². The van der Waals surface area contributed by atoms with E-state index in [1.54, 1.807) is 11.6 Å². The lowest BCUT2D eigenvalue weighted by atomic mass is 9.89. The molecule has 1 amide bonds. The third-order valence-corrected chi connectivity index (χ3v) is 6.06. The number of anilines is 3. The van der Waals surface area contributed by atoms with Crippen molar-refractivity contribution < 1.29 is 14.6 Å². The summed E-state index contributed by atoms with van der Waals surface area (Å²) in [6.07, 6.45) is 5.67. The van der Waals surface area contributed by atoms with Crippen molar-refractivity contribution in [3.63, 3.8) is 0 Å². The van der Waals surface area contributed by atoms with Crippen LogP contribution in [-0.4, -0.2) is 56.4 Å². The third kappa shape index (κ3) is 3.98. The molecule has 2 aliphatic rings. The Kier molecular flexibility index (Phi) is 5.62. The van der Waals surface area contributed by atoms with Crippen LogP contribution in [-0.2, 0) is 4.74 Å². The zero-order chi connectivity index (χ0) is 22.1. The third-order valence-electron chi connectivity index (χ3n) is 6.06. The number of ether oxygens (including phenoxy) is 1. The quantitative estimate of drug-likeness (QED) is 0.463. The molecule has 1 aliphatic heterocycles. The highest BCUT2D eigenvalue weighted by atomic mass is 16.5. The van der Waals surface area contributed by atoms with Gasteiger partial charge in [-0.15, -0.1) is 0 Å². The molecule has 10 nitrogen and oxygen atoms in total. The number of fused-ring (bicyclic) bond motifs is 1. The fourth-order valence-electron chi connectivity index (χ4n) is 4.07. The molecule has 5 rings (SSSR count). The van der Waals surface area contributed by atoms with Gasteiger partial charge in [0.15, 0.2) is 5.65 Å². The van der Waals surface area contributed by atoms with Crippen molar-refractivity contribution in [3.05, 3.63) is 41.7 Å². The fourth-order valence-corrected chi connectivity index (χ4v) is 4.07. The predicted molar refractivity (Wildman–Crippen MR) is 119 cm³/mol. The summed E-state index contributed by atoms with van der Waals surface area (Å²) in [7, 11) is 1.78. The molecule has 4 heterocycles. The average Bonchev–Trinajstić information content (AvgIpc) is 3.26. The van der Waals surface area contributed by atoms with Gasteiger partial charge in [0.1, 0.15) is 23.0 Å². The molecule has 2 fully saturated rings. The van der Waals surface area contributed by atoms with Gasteiger partial charge in [-0.2, -0.15) is 9.61 Å². The van der Waals surface area contributed by atoms with Crippen LogP contribution in [0.2, 0.25) is 0 Å². The first-order valence-corrected chi connectivity index (χ1v) is 11.0. The van der Waals surface area contributed by atoms with Crippen LogP contribution in [0, 0.1) is 0 Å². The van der Waals surface area contributed by atoms with Crippen molar-refractivity contribution in [1.82, 2.24) is 24.9 Å². The molecule has 1 aliphatic carbocycles. The first-order valence-electron chi connectivity index (χ1n) is 11.0. The first kappa shape index (κ1) is 20.7. The van der Waals surface area contributed by atoms with Gasteiger partial charge in [0.05, 0.1) is 30.1 Å². The van der Waals surface area contributed by atoms with E-state index >= 15 is 0 Å². The Labute approximate surface area is 185 Å². The number of nitrogens with zero attached hydrogens (tertiary/aromatic N) is 4. The smallest absolute Gasteiger partial charge is 0.257 e. The number of nitrogens with one attached hydrogen (secondary N) is 3. The summed E-state index contributed by atoms with van der Waals surface area (Å²) in [5.41, 5.74) is 1.66. The van der Waals surface area contributed by atoms with Crippen LogP contribution < -0.4 is 16.0 Å². The minimum Gasteiger partial charge on any atom is -0.391 e. The fraction of sp³-hybridized carbons (Fsp3) is 0.455. The number of aromatic nitrogens is 4. The van der Waals surface area contributed by atoms with Gasteiger partial charge in [0, 0.05) is 19.7 Å². The Balaban J connectivity index is 1.42. The molecular weight excluding hydrogens is 410 g/mol. The van der Waals surface area contributed by atoms with Crippen molar-refractivity contribution in [2.45, 2.75) is 50.4 Å². The second-order valence-corrected chi connectivity index (χ2v) is 8.22. The number of carbonyl (C=O) groups excluding carboxylic acids is 1.